The van der Waals surface area contributed by atoms with Crippen LogP contribution in [0.5, 0.6) is 5.75 Å². The summed E-state index contributed by atoms with van der Waals surface area (Å²) in [6, 6.07) is 16.4. The second kappa shape index (κ2) is 7.17. The highest BCUT2D eigenvalue weighted by Gasteiger charge is 2.28. The molecule has 0 fully saturated rings. The number of anilines is 1. The summed E-state index contributed by atoms with van der Waals surface area (Å²) in [7, 11) is 0. The van der Waals surface area contributed by atoms with Gasteiger partial charge in [0, 0.05) is 12.2 Å². The van der Waals surface area contributed by atoms with Crippen molar-refractivity contribution in [1.29, 1.82) is 0 Å². The van der Waals surface area contributed by atoms with E-state index in [1.807, 2.05) is 42.5 Å². The van der Waals surface area contributed by atoms with Crippen LogP contribution >= 0.6 is 0 Å². The summed E-state index contributed by atoms with van der Waals surface area (Å²) in [6.45, 7) is 2.24. The molecule has 3 rings (SSSR count). The zero-order valence-corrected chi connectivity index (χ0v) is 13.6. The van der Waals surface area contributed by atoms with Crippen LogP contribution in [0, 0.1) is 0 Å². The van der Waals surface area contributed by atoms with Crippen LogP contribution in [0.15, 0.2) is 54.6 Å². The molecular formula is C19H20N2O3. The lowest BCUT2D eigenvalue weighted by Crippen LogP contribution is -2.47. The number of hydrogen-bond donors (Lipinski definition) is 1. The topological polar surface area (TPSA) is 58.6 Å². The van der Waals surface area contributed by atoms with Gasteiger partial charge in [0.25, 0.3) is 5.91 Å². The molecule has 1 aliphatic heterocycles. The summed E-state index contributed by atoms with van der Waals surface area (Å²) < 4.78 is 5.39. The van der Waals surface area contributed by atoms with E-state index >= 15 is 0 Å². The van der Waals surface area contributed by atoms with Gasteiger partial charge in [-0.25, -0.2) is 0 Å². The van der Waals surface area contributed by atoms with Crippen LogP contribution in [0.2, 0.25) is 0 Å². The summed E-state index contributed by atoms with van der Waals surface area (Å²) in [4.78, 5) is 26.3. The highest BCUT2D eigenvalue weighted by Crippen LogP contribution is 2.27. The maximum Gasteiger partial charge on any atom is 0.258 e. The van der Waals surface area contributed by atoms with Crippen molar-refractivity contribution in [1.82, 2.24) is 5.32 Å². The van der Waals surface area contributed by atoms with Gasteiger partial charge >= 0.3 is 0 Å². The number of fused-ring (bicyclic) bond motifs is 1. The summed E-state index contributed by atoms with van der Waals surface area (Å²) in [6.07, 6.45) is 0.847. The van der Waals surface area contributed by atoms with E-state index in [1.54, 1.807) is 24.0 Å². The van der Waals surface area contributed by atoms with Gasteiger partial charge in [-0.3, -0.25) is 9.59 Å². The fraction of sp³-hybridized carbons (Fsp3) is 0.263. The predicted molar refractivity (Wildman–Crippen MR) is 92.0 cm³/mol. The lowest BCUT2D eigenvalue weighted by molar-refractivity contribution is -0.128. The number of nitrogens with one attached hydrogen (secondary N) is 1. The van der Waals surface area contributed by atoms with Crippen molar-refractivity contribution in [3.05, 3.63) is 60.2 Å². The first-order valence-electron chi connectivity index (χ1n) is 8.01. The van der Waals surface area contributed by atoms with E-state index in [0.717, 1.165) is 17.7 Å². The minimum atomic E-state index is -0.594. The molecule has 0 aliphatic carbocycles. The van der Waals surface area contributed by atoms with Gasteiger partial charge in [0.2, 0.25) is 5.91 Å². The number of carbonyl (C=O) groups excluding carboxylic acids is 2. The monoisotopic (exact) mass is 324 g/mol. The molecule has 24 heavy (non-hydrogen) atoms. The van der Waals surface area contributed by atoms with Crippen molar-refractivity contribution in [2.24, 2.45) is 0 Å². The number of amides is 2. The third kappa shape index (κ3) is 3.56. The van der Waals surface area contributed by atoms with Gasteiger partial charge in [-0.05, 0) is 37.1 Å². The summed E-state index contributed by atoms with van der Waals surface area (Å²) in [5, 5.41) is 2.70. The summed E-state index contributed by atoms with van der Waals surface area (Å²) >= 11 is 0. The zero-order chi connectivity index (χ0) is 16.9. The number of para-hydroxylation sites is 2. The van der Waals surface area contributed by atoms with Gasteiger partial charge in [0.05, 0.1) is 0 Å². The van der Waals surface area contributed by atoms with E-state index in [9.17, 15) is 9.59 Å². The van der Waals surface area contributed by atoms with Crippen LogP contribution in [0.3, 0.4) is 0 Å². The molecule has 0 spiro atoms. The normalized spacial score (nSPS) is 14.0. The van der Waals surface area contributed by atoms with Crippen molar-refractivity contribution in [2.45, 2.75) is 19.4 Å². The maximum atomic E-state index is 12.6. The Morgan fingerprint density at radius 3 is 2.62 bits per heavy atom. The van der Waals surface area contributed by atoms with Crippen LogP contribution < -0.4 is 15.0 Å². The average Bonchev–Trinajstić information content (AvgIpc) is 3.04. The molecule has 5 nitrogen and oxygen atoms in total. The Labute approximate surface area is 141 Å². The predicted octanol–water partition coefficient (Wildman–Crippen LogP) is 2.16. The minimum Gasteiger partial charge on any atom is -0.484 e. The van der Waals surface area contributed by atoms with E-state index in [1.165, 1.54) is 0 Å². The molecule has 0 bridgehead atoms. The van der Waals surface area contributed by atoms with Crippen LogP contribution in [0.25, 0.3) is 0 Å². The first kappa shape index (κ1) is 16.1. The second-order valence-electron chi connectivity index (χ2n) is 5.76. The number of benzene rings is 2. The highest BCUT2D eigenvalue weighted by atomic mass is 16.5. The van der Waals surface area contributed by atoms with E-state index < -0.39 is 6.04 Å². The number of hydrogen-bond acceptors (Lipinski definition) is 3. The Morgan fingerprint density at radius 2 is 1.83 bits per heavy atom. The van der Waals surface area contributed by atoms with Crippen molar-refractivity contribution < 1.29 is 14.3 Å². The van der Waals surface area contributed by atoms with Gasteiger partial charge in [0.15, 0.2) is 6.61 Å². The Morgan fingerprint density at radius 1 is 1.12 bits per heavy atom. The van der Waals surface area contributed by atoms with Crippen molar-refractivity contribution in [3.8, 4) is 5.75 Å². The van der Waals surface area contributed by atoms with Crippen molar-refractivity contribution >= 4 is 17.5 Å². The van der Waals surface area contributed by atoms with Gasteiger partial charge in [-0.1, -0.05) is 36.4 Å². The van der Waals surface area contributed by atoms with Crippen molar-refractivity contribution in [3.63, 3.8) is 0 Å². The fourth-order valence-electron chi connectivity index (χ4n) is 2.81. The molecule has 0 aromatic heterocycles. The Hall–Kier alpha value is -2.82. The first-order valence-corrected chi connectivity index (χ1v) is 8.01. The molecular weight excluding hydrogens is 304 g/mol. The fourth-order valence-corrected chi connectivity index (χ4v) is 2.81. The average molecular weight is 324 g/mol. The van der Waals surface area contributed by atoms with Crippen LogP contribution in [0.4, 0.5) is 5.69 Å². The molecule has 2 aromatic rings. The summed E-state index contributed by atoms with van der Waals surface area (Å²) in [5.41, 5.74) is 2.10. The molecule has 1 heterocycles. The number of ether oxygens (including phenoxy) is 1. The molecule has 1 aliphatic rings. The third-order valence-electron chi connectivity index (χ3n) is 4.01. The van der Waals surface area contributed by atoms with Crippen LogP contribution in [0.1, 0.15) is 12.5 Å². The lowest BCUT2D eigenvalue weighted by Gasteiger charge is -2.22. The smallest absolute Gasteiger partial charge is 0.258 e. The zero-order valence-electron chi connectivity index (χ0n) is 13.6. The van der Waals surface area contributed by atoms with Gasteiger partial charge in [0.1, 0.15) is 11.8 Å². The molecule has 0 unspecified atom stereocenters. The Bertz CT molecular complexity index is 730. The van der Waals surface area contributed by atoms with Gasteiger partial charge in [-0.15, -0.1) is 0 Å². The SMILES string of the molecule is C[C@@H](NC(=O)COc1ccccc1)C(=O)N1CCc2ccccc21. The minimum absolute atomic E-state index is 0.104. The van der Waals surface area contributed by atoms with E-state index in [4.69, 9.17) is 4.74 Å². The molecule has 1 atom stereocenters. The van der Waals surface area contributed by atoms with Crippen LogP contribution in [-0.4, -0.2) is 31.0 Å². The molecule has 0 saturated heterocycles. The highest BCUT2D eigenvalue weighted by molar-refractivity contribution is 6.00. The maximum absolute atomic E-state index is 12.6. The molecule has 2 aromatic carbocycles. The second-order valence-corrected chi connectivity index (χ2v) is 5.76. The van der Waals surface area contributed by atoms with Crippen LogP contribution in [-0.2, 0) is 16.0 Å². The lowest BCUT2D eigenvalue weighted by atomic mass is 10.2. The Kier molecular flexibility index (Phi) is 4.79. The summed E-state index contributed by atoms with van der Waals surface area (Å²) in [5.74, 6) is 0.209. The molecule has 124 valence electrons. The van der Waals surface area contributed by atoms with Gasteiger partial charge in [-0.2, -0.15) is 0 Å². The molecule has 5 heteroatoms. The van der Waals surface area contributed by atoms with E-state index in [0.29, 0.717) is 12.3 Å². The molecule has 0 radical (unpaired) electrons. The largest absolute Gasteiger partial charge is 0.484 e. The van der Waals surface area contributed by atoms with E-state index in [2.05, 4.69) is 5.32 Å². The van der Waals surface area contributed by atoms with Crippen molar-refractivity contribution in [2.75, 3.05) is 18.1 Å². The number of carbonyl (C=O) groups is 2. The number of rotatable bonds is 5. The standard InChI is InChI=1S/C19H20N2O3/c1-14(20-18(22)13-24-16-8-3-2-4-9-16)19(23)21-12-11-15-7-5-6-10-17(15)21/h2-10,14H,11-13H2,1H3,(H,20,22)/t14-/m1/s1. The molecule has 0 saturated carbocycles. The van der Waals surface area contributed by atoms with Gasteiger partial charge < -0.3 is 15.0 Å². The number of nitrogens with zero attached hydrogens (tertiary/aromatic N) is 1. The first-order chi connectivity index (χ1) is 11.6. The Balaban J connectivity index is 1.54. The third-order valence-corrected chi connectivity index (χ3v) is 4.01. The molecule has 1 N–H and O–H groups in total. The quantitative estimate of drug-likeness (QED) is 0.917. The molecule has 2 amide bonds. The van der Waals surface area contributed by atoms with E-state index in [-0.39, 0.29) is 18.4 Å².